The maximum absolute atomic E-state index is 8.49. The molecule has 0 saturated heterocycles. The zero-order valence-electron chi connectivity index (χ0n) is 10.3. The first-order valence-corrected chi connectivity index (χ1v) is 5.88. The maximum Gasteiger partial charge on any atom is 0.230 e. The van der Waals surface area contributed by atoms with Crippen LogP contribution in [0.3, 0.4) is 0 Å². The van der Waals surface area contributed by atoms with Gasteiger partial charge in [0.1, 0.15) is 0 Å². The highest BCUT2D eigenvalue weighted by atomic mass is 35.7. The standard InChI is InChI=1S/C8H13N4O.ClHO4/c1-6-7(10-11-9)5-12(13-6)8(2,3)4;2-1(3,4)5/h5H,1-4H3;(H,2,3,4,5)/q+1;/p-1. The minimum Gasteiger partial charge on any atom is -0.241 e. The fourth-order valence-corrected chi connectivity index (χ4v) is 0.898. The van der Waals surface area contributed by atoms with E-state index in [-0.39, 0.29) is 5.54 Å². The average molecular weight is 281 g/mol. The maximum atomic E-state index is 8.49. The Morgan fingerprint density at radius 1 is 1.33 bits per heavy atom. The molecular formula is C8H13ClN4O5. The van der Waals surface area contributed by atoms with Gasteiger partial charge in [0.15, 0.2) is 11.4 Å². The summed E-state index contributed by atoms with van der Waals surface area (Å²) in [5.41, 5.74) is 8.67. The van der Waals surface area contributed by atoms with Gasteiger partial charge in [-0.05, 0) is 10.3 Å². The Labute approximate surface area is 105 Å². The van der Waals surface area contributed by atoms with Crippen molar-refractivity contribution in [2.45, 2.75) is 33.2 Å². The van der Waals surface area contributed by atoms with Crippen LogP contribution >= 0.6 is 0 Å². The Balaban J connectivity index is 0.000000494. The fraction of sp³-hybridized carbons (Fsp3) is 0.625. The highest BCUT2D eigenvalue weighted by Crippen LogP contribution is 2.18. The summed E-state index contributed by atoms with van der Waals surface area (Å²) in [6, 6.07) is 0. The number of aromatic nitrogens is 1. The third kappa shape index (κ3) is 7.07. The van der Waals surface area contributed by atoms with Gasteiger partial charge in [-0.15, -0.1) is 10.2 Å². The minimum atomic E-state index is -4.94. The van der Waals surface area contributed by atoms with E-state index in [9.17, 15) is 0 Å². The van der Waals surface area contributed by atoms with E-state index in [0.29, 0.717) is 11.4 Å². The Morgan fingerprint density at radius 2 is 1.78 bits per heavy atom. The Bertz CT molecular complexity index is 435. The van der Waals surface area contributed by atoms with Crippen molar-refractivity contribution < 1.29 is 38.1 Å². The predicted octanol–water partition coefficient (Wildman–Crippen LogP) is -2.18. The molecule has 0 aliphatic rings. The quantitative estimate of drug-likeness (QED) is 0.247. The summed E-state index contributed by atoms with van der Waals surface area (Å²) in [5.74, 6) is 0.632. The van der Waals surface area contributed by atoms with Crippen molar-refractivity contribution in [3.8, 4) is 0 Å². The van der Waals surface area contributed by atoms with Gasteiger partial charge >= 0.3 is 0 Å². The summed E-state index contributed by atoms with van der Waals surface area (Å²) in [5, 5.41) is 3.51. The van der Waals surface area contributed by atoms with E-state index in [2.05, 4.69) is 10.0 Å². The van der Waals surface area contributed by atoms with Crippen LogP contribution in [0.15, 0.2) is 15.8 Å². The highest BCUT2D eigenvalue weighted by Gasteiger charge is 2.27. The van der Waals surface area contributed by atoms with Crippen molar-refractivity contribution in [2.75, 3.05) is 0 Å². The number of nitrogens with zero attached hydrogens (tertiary/aromatic N) is 4. The molecule has 102 valence electrons. The molecule has 9 nitrogen and oxygen atoms in total. The van der Waals surface area contributed by atoms with E-state index in [4.69, 9.17) is 28.7 Å². The predicted molar refractivity (Wildman–Crippen MR) is 47.4 cm³/mol. The van der Waals surface area contributed by atoms with Crippen molar-refractivity contribution in [3.05, 3.63) is 22.4 Å². The third-order valence-electron chi connectivity index (χ3n) is 1.65. The Morgan fingerprint density at radius 3 is 2.06 bits per heavy atom. The second-order valence-corrected chi connectivity index (χ2v) is 4.98. The molecule has 1 aromatic rings. The summed E-state index contributed by atoms with van der Waals surface area (Å²) in [7, 11) is -4.94. The molecule has 1 aromatic heterocycles. The monoisotopic (exact) mass is 280 g/mol. The van der Waals surface area contributed by atoms with E-state index < -0.39 is 10.2 Å². The fourth-order valence-electron chi connectivity index (χ4n) is 0.898. The molecule has 0 bridgehead atoms. The number of rotatable bonds is 1. The Kier molecular flexibility index (Phi) is 5.55. The lowest BCUT2D eigenvalue weighted by molar-refractivity contribution is -2.00. The first-order chi connectivity index (χ1) is 7.95. The van der Waals surface area contributed by atoms with Crippen LogP contribution in [0.2, 0.25) is 0 Å². The topological polar surface area (TPSA) is 158 Å². The van der Waals surface area contributed by atoms with E-state index in [1.54, 1.807) is 17.9 Å². The SMILES string of the molecule is Cc1o[n+](C(C)(C)C)cc1N=[N+]=[N-].[O-][Cl+3]([O-])([O-])[O-]. The smallest absolute Gasteiger partial charge is 0.230 e. The lowest BCUT2D eigenvalue weighted by Crippen LogP contribution is -2.68. The van der Waals surface area contributed by atoms with Crippen LogP contribution in [0, 0.1) is 17.2 Å². The van der Waals surface area contributed by atoms with Crippen LogP contribution in [-0.4, -0.2) is 0 Å². The molecule has 0 atom stereocenters. The van der Waals surface area contributed by atoms with E-state index in [0.717, 1.165) is 0 Å². The minimum absolute atomic E-state index is 0.131. The molecular weight excluding hydrogens is 268 g/mol. The van der Waals surface area contributed by atoms with E-state index >= 15 is 0 Å². The molecule has 1 heterocycles. The Hall–Kier alpha value is -1.35. The molecule has 0 aliphatic heterocycles. The first-order valence-electron chi connectivity index (χ1n) is 4.65. The lowest BCUT2D eigenvalue weighted by atomic mass is 10.1. The normalized spacial score (nSPS) is 11.3. The second-order valence-electron chi connectivity index (χ2n) is 4.23. The molecule has 18 heavy (non-hydrogen) atoms. The van der Waals surface area contributed by atoms with Crippen LogP contribution in [-0.2, 0) is 5.54 Å². The van der Waals surface area contributed by atoms with Gasteiger partial charge in [0.05, 0.1) is 0 Å². The van der Waals surface area contributed by atoms with Crippen LogP contribution in [0.1, 0.15) is 26.5 Å². The van der Waals surface area contributed by atoms with Gasteiger partial charge in [0.25, 0.3) is 0 Å². The van der Waals surface area contributed by atoms with E-state index in [1.807, 2.05) is 20.8 Å². The van der Waals surface area contributed by atoms with Crippen molar-refractivity contribution >= 4 is 5.69 Å². The first kappa shape index (κ1) is 16.6. The molecule has 0 amide bonds. The van der Waals surface area contributed by atoms with Crippen molar-refractivity contribution in [1.82, 2.24) is 0 Å². The lowest BCUT2D eigenvalue weighted by Gasteiger charge is -2.17. The summed E-state index contributed by atoms with van der Waals surface area (Å²) < 4.78 is 41.0. The molecule has 0 unspecified atom stereocenters. The molecule has 10 heteroatoms. The van der Waals surface area contributed by atoms with Crippen LogP contribution < -0.4 is 23.4 Å². The number of azide groups is 1. The molecule has 0 spiro atoms. The zero-order chi connectivity index (χ0) is 14.6. The van der Waals surface area contributed by atoms with Gasteiger partial charge in [0, 0.05) is 32.6 Å². The zero-order valence-corrected chi connectivity index (χ0v) is 11.0. The van der Waals surface area contributed by atoms with Gasteiger partial charge in [-0.1, -0.05) is 5.11 Å². The average Bonchev–Trinajstić information content (AvgIpc) is 2.45. The highest BCUT2D eigenvalue weighted by molar-refractivity contribution is 5.34. The van der Waals surface area contributed by atoms with Crippen LogP contribution in [0.25, 0.3) is 10.4 Å². The molecule has 1 rings (SSSR count). The molecule has 0 aromatic carbocycles. The molecule has 0 N–H and O–H groups in total. The van der Waals surface area contributed by atoms with Crippen molar-refractivity contribution in [1.29, 1.82) is 0 Å². The number of hydrogen-bond acceptors (Lipinski definition) is 6. The summed E-state index contributed by atoms with van der Waals surface area (Å²) in [6.07, 6.45) is 1.70. The molecule has 0 fully saturated rings. The van der Waals surface area contributed by atoms with Gasteiger partial charge in [-0.2, -0.15) is 0 Å². The van der Waals surface area contributed by atoms with Crippen molar-refractivity contribution in [3.63, 3.8) is 0 Å². The van der Waals surface area contributed by atoms with Crippen LogP contribution in [0.5, 0.6) is 0 Å². The van der Waals surface area contributed by atoms with Gasteiger partial charge in [0.2, 0.25) is 11.7 Å². The third-order valence-corrected chi connectivity index (χ3v) is 1.65. The number of halogens is 1. The summed E-state index contributed by atoms with van der Waals surface area (Å²) >= 11 is 0. The van der Waals surface area contributed by atoms with Gasteiger partial charge in [-0.25, -0.2) is 23.2 Å². The summed E-state index contributed by atoms with van der Waals surface area (Å²) in [6.45, 7) is 7.80. The molecule has 0 aliphatic carbocycles. The van der Waals surface area contributed by atoms with Crippen molar-refractivity contribution in [2.24, 2.45) is 5.11 Å². The molecule has 0 saturated carbocycles. The number of aryl methyl sites for hydroxylation is 1. The van der Waals surface area contributed by atoms with Gasteiger partial charge < -0.3 is 0 Å². The largest absolute Gasteiger partial charge is 0.241 e. The van der Waals surface area contributed by atoms with E-state index in [1.165, 1.54) is 0 Å². The van der Waals surface area contributed by atoms with Crippen LogP contribution in [0.4, 0.5) is 5.69 Å². The summed E-state index contributed by atoms with van der Waals surface area (Å²) in [4.78, 5) is 2.71. The van der Waals surface area contributed by atoms with Gasteiger partial charge in [-0.3, -0.25) is 0 Å². The second kappa shape index (κ2) is 6.01. The number of hydrogen-bond donors (Lipinski definition) is 0. The molecule has 0 radical (unpaired) electrons.